The van der Waals surface area contributed by atoms with Crippen LogP contribution in [0, 0.1) is 27.7 Å². The predicted octanol–water partition coefficient (Wildman–Crippen LogP) is 19.9. The monoisotopic (exact) mass is 1700 g/mol. The van der Waals surface area contributed by atoms with E-state index in [0.29, 0.717) is 58.8 Å². The minimum atomic E-state index is -0.184. The van der Waals surface area contributed by atoms with Gasteiger partial charge in [-0.2, -0.15) is 0 Å². The molecule has 4 rings (SSSR count). The van der Waals surface area contributed by atoms with Crippen LogP contribution in [0.1, 0.15) is 22.3 Å². The summed E-state index contributed by atoms with van der Waals surface area (Å²) in [6.45, 7) is 7.83. The molecule has 0 aliphatic carbocycles. The van der Waals surface area contributed by atoms with Gasteiger partial charge in [-0.1, -0.05) is 0 Å². The Balaban J connectivity index is 2.18. The van der Waals surface area contributed by atoms with Gasteiger partial charge in [-0.3, -0.25) is 0 Å². The highest BCUT2D eigenvalue weighted by molar-refractivity contribution is 9.15. The van der Waals surface area contributed by atoms with Crippen molar-refractivity contribution in [3.05, 3.63) is 106 Å². The van der Waals surface area contributed by atoms with E-state index in [2.05, 4.69) is 255 Å². The Morgan fingerprint density at radius 3 is 0.480 bits per heavy atom. The minimum absolute atomic E-state index is 0.184. The van der Waals surface area contributed by atoms with Gasteiger partial charge in [0.05, 0.1) is 35.8 Å². The van der Waals surface area contributed by atoms with Gasteiger partial charge < -0.3 is 18.9 Å². The molecule has 0 fully saturated rings. The van der Waals surface area contributed by atoms with Crippen LogP contribution in [0.2, 0.25) is 0 Å². The quantitative estimate of drug-likeness (QED) is 0.130. The van der Waals surface area contributed by atoms with E-state index >= 15 is 0 Å². The van der Waals surface area contributed by atoms with Crippen molar-refractivity contribution >= 4 is 255 Å². The third-order valence-corrected chi connectivity index (χ3v) is 25.0. The maximum Gasteiger partial charge on any atom is 0.376 e. The Hall–Kier alpha value is 3.50. The van der Waals surface area contributed by atoms with Crippen molar-refractivity contribution in [3.63, 3.8) is 0 Å². The first-order chi connectivity index (χ1) is 23.1. The molecule has 50 heavy (non-hydrogen) atoms. The number of hydrogen-bond donors (Lipinski definition) is 0. The molecule has 0 aliphatic rings. The second-order valence-corrected chi connectivity index (χ2v) is 22.5. The zero-order valence-corrected chi connectivity index (χ0v) is 50.1. The molecule has 0 radical (unpaired) electrons. The molecule has 0 aliphatic heterocycles. The van der Waals surface area contributed by atoms with Crippen molar-refractivity contribution in [3.8, 4) is 23.0 Å². The van der Waals surface area contributed by atoms with Crippen LogP contribution in [0.15, 0.2) is 83.5 Å². The second-order valence-electron chi connectivity index (χ2n) is 9.82. The summed E-state index contributed by atoms with van der Waals surface area (Å²) in [6, 6.07) is 0. The zero-order valence-electron chi connectivity index (χ0n) is 24.7. The number of ether oxygens (including phenoxy) is 4. The molecule has 4 aromatic carbocycles. The molecule has 0 spiro atoms. The molecule has 268 valence electrons. The van der Waals surface area contributed by atoms with E-state index in [4.69, 9.17) is 18.9 Å². The summed E-state index contributed by atoms with van der Waals surface area (Å²) < 4.78 is 37.7. The second kappa shape index (κ2) is 19.0. The molecule has 0 unspecified atom stereocenters. The van der Waals surface area contributed by atoms with Crippen molar-refractivity contribution in [2.45, 2.75) is 27.7 Å². The molecule has 0 saturated carbocycles. The van der Waals surface area contributed by atoms with Crippen LogP contribution in [0.5, 0.6) is 23.0 Å². The highest BCUT2D eigenvalue weighted by Gasteiger charge is 2.31. The topological polar surface area (TPSA) is 36.9 Å². The first-order valence-electron chi connectivity index (χ1n) is 12.9. The van der Waals surface area contributed by atoms with E-state index in [-0.39, 0.29) is 11.9 Å². The van der Waals surface area contributed by atoms with E-state index in [0.717, 1.165) is 58.0 Å². The molecule has 0 bridgehead atoms. The summed E-state index contributed by atoms with van der Waals surface area (Å²) in [6.07, 6.45) is 0. The molecule has 0 aromatic heterocycles. The zero-order chi connectivity index (χ0) is 37.8. The molecule has 0 amide bonds. The van der Waals surface area contributed by atoms with Crippen molar-refractivity contribution in [2.75, 3.05) is 0 Å². The fraction of sp³-hybridized carbons (Fsp3) is 0.133. The summed E-state index contributed by atoms with van der Waals surface area (Å²) in [4.78, 5) is 0. The van der Waals surface area contributed by atoms with Crippen molar-refractivity contribution in [1.82, 2.24) is 0 Å². The van der Waals surface area contributed by atoms with Crippen LogP contribution >= 0.6 is 255 Å². The SMILES string of the molecule is Cc1c(Br)c(Br)c(OC(Oc2c(Br)c(Br)c(C)c(Br)c2Br)=C(Oc2c(Br)c(Br)c(C)c(Br)c2Br)Oc2c(Br)c(Br)c(C)c(Br)c2Br)c(Br)c1Br. The third-order valence-electron chi connectivity index (χ3n) is 6.72. The molecular weight excluding hydrogens is 1700 g/mol. The third kappa shape index (κ3) is 9.20. The maximum atomic E-state index is 6.72. The lowest BCUT2D eigenvalue weighted by atomic mass is 10.2. The predicted molar refractivity (Wildman–Crippen MR) is 257 cm³/mol. The van der Waals surface area contributed by atoms with E-state index in [1.807, 2.05) is 27.7 Å². The van der Waals surface area contributed by atoms with Crippen LogP contribution in [0.3, 0.4) is 0 Å². The number of rotatable bonds is 8. The number of halogens is 16. The van der Waals surface area contributed by atoms with E-state index in [1.54, 1.807) is 0 Å². The minimum Gasteiger partial charge on any atom is -0.418 e. The lowest BCUT2D eigenvalue weighted by Gasteiger charge is -2.23. The van der Waals surface area contributed by atoms with Gasteiger partial charge >= 0.3 is 11.9 Å². The van der Waals surface area contributed by atoms with Gasteiger partial charge in [0.2, 0.25) is 0 Å². The molecule has 0 heterocycles. The first kappa shape index (κ1) is 46.2. The molecule has 0 atom stereocenters. The average molecular weight is 1710 g/mol. The van der Waals surface area contributed by atoms with Crippen LogP contribution < -0.4 is 18.9 Å². The highest BCUT2D eigenvalue weighted by atomic mass is 79.9. The van der Waals surface area contributed by atoms with Gasteiger partial charge in [0, 0.05) is 35.8 Å². The summed E-state index contributed by atoms with van der Waals surface area (Å²) in [5, 5.41) is 0. The fourth-order valence-electron chi connectivity index (χ4n) is 3.82. The largest absolute Gasteiger partial charge is 0.418 e. The standard InChI is InChI=1S/C30H12Br16O4/c1-5-9(31)17(39)25(18(40)10(5)32)47-29(48-26-19(41)11(33)6(2)12(34)20(26)42)30(49-27-21(43)13(35)7(3)14(36)22(27)44)50-28-23(45)15(37)8(4)16(38)24(28)46/h1-4H3. The smallest absolute Gasteiger partial charge is 0.376 e. The van der Waals surface area contributed by atoms with Crippen molar-refractivity contribution in [1.29, 1.82) is 0 Å². The molecule has 4 nitrogen and oxygen atoms in total. The first-order valence-corrected chi connectivity index (χ1v) is 25.6. The van der Waals surface area contributed by atoms with Crippen molar-refractivity contribution < 1.29 is 18.9 Å². The average Bonchev–Trinajstić information content (AvgIpc) is 3.10. The maximum absolute atomic E-state index is 6.72. The van der Waals surface area contributed by atoms with Gasteiger partial charge in [-0.15, -0.1) is 0 Å². The molecule has 4 aromatic rings. The Morgan fingerprint density at radius 2 is 0.360 bits per heavy atom. The lowest BCUT2D eigenvalue weighted by molar-refractivity contribution is 0.127. The van der Waals surface area contributed by atoms with Crippen LogP contribution in [-0.2, 0) is 0 Å². The number of benzene rings is 4. The Kier molecular flexibility index (Phi) is 17.6. The summed E-state index contributed by atoms with van der Waals surface area (Å²) in [5.41, 5.74) is 3.71. The Labute approximate surface area is 422 Å². The van der Waals surface area contributed by atoms with Crippen molar-refractivity contribution in [2.24, 2.45) is 0 Å². The summed E-state index contributed by atoms with van der Waals surface area (Å²) in [7, 11) is 0. The van der Waals surface area contributed by atoms with Crippen LogP contribution in [0.25, 0.3) is 0 Å². The molecule has 0 N–H and O–H groups in total. The van der Waals surface area contributed by atoms with Gasteiger partial charge in [-0.25, -0.2) is 0 Å². The van der Waals surface area contributed by atoms with E-state index in [1.165, 1.54) is 0 Å². The van der Waals surface area contributed by atoms with Crippen LogP contribution in [0.4, 0.5) is 0 Å². The van der Waals surface area contributed by atoms with Gasteiger partial charge in [0.15, 0.2) is 23.0 Å². The fourth-order valence-corrected chi connectivity index (χ4v) is 13.6. The van der Waals surface area contributed by atoms with Gasteiger partial charge in [-0.05, 0) is 305 Å². The van der Waals surface area contributed by atoms with Gasteiger partial charge in [0.1, 0.15) is 0 Å². The Morgan fingerprint density at radius 1 is 0.240 bits per heavy atom. The molecule has 20 heteroatoms. The Bertz CT molecular complexity index is 1720. The van der Waals surface area contributed by atoms with E-state index in [9.17, 15) is 0 Å². The van der Waals surface area contributed by atoms with E-state index < -0.39 is 0 Å². The highest BCUT2D eigenvalue weighted by Crippen LogP contribution is 2.52. The summed E-state index contributed by atoms with van der Waals surface area (Å²) >= 11 is 59.1. The normalized spacial score (nSPS) is 11.2. The number of hydrogen-bond acceptors (Lipinski definition) is 4. The van der Waals surface area contributed by atoms with Crippen LogP contribution in [-0.4, -0.2) is 0 Å². The lowest BCUT2D eigenvalue weighted by Crippen LogP contribution is -2.18. The summed E-state index contributed by atoms with van der Waals surface area (Å²) in [5.74, 6) is 1.02. The van der Waals surface area contributed by atoms with Gasteiger partial charge in [0.25, 0.3) is 0 Å². The molecule has 0 saturated heterocycles. The molecular formula is C30H12Br16O4.